The first kappa shape index (κ1) is 15.9. The van der Waals surface area contributed by atoms with Gasteiger partial charge in [0.1, 0.15) is 5.82 Å². The van der Waals surface area contributed by atoms with Gasteiger partial charge >= 0.3 is 0 Å². The fourth-order valence-corrected chi connectivity index (χ4v) is 1.98. The molecule has 0 bridgehead atoms. The van der Waals surface area contributed by atoms with E-state index in [0.29, 0.717) is 24.6 Å². The summed E-state index contributed by atoms with van der Waals surface area (Å²) in [6, 6.07) is 4.78. The van der Waals surface area contributed by atoms with E-state index in [1.807, 2.05) is 13.8 Å². The lowest BCUT2D eigenvalue weighted by Gasteiger charge is -2.11. The van der Waals surface area contributed by atoms with Crippen LogP contribution >= 0.6 is 11.6 Å². The van der Waals surface area contributed by atoms with Crippen LogP contribution in [-0.4, -0.2) is 23.4 Å². The van der Waals surface area contributed by atoms with Crippen LogP contribution in [0.25, 0.3) is 0 Å². The molecule has 0 saturated heterocycles. The Hall–Kier alpha value is -1.50. The number of ether oxygens (including phenoxy) is 2. The molecule has 0 unspecified atom stereocenters. The lowest BCUT2D eigenvalue weighted by Crippen LogP contribution is -2.09. The van der Waals surface area contributed by atoms with Gasteiger partial charge in [-0.05, 0) is 25.5 Å². The highest BCUT2D eigenvalue weighted by Crippen LogP contribution is 2.21. The van der Waals surface area contributed by atoms with E-state index >= 15 is 0 Å². The molecule has 0 aliphatic carbocycles. The van der Waals surface area contributed by atoms with Crippen LogP contribution in [0.4, 0.5) is 4.39 Å². The molecule has 2 aromatic rings. The molecule has 0 spiro atoms. The second-order valence-electron chi connectivity index (χ2n) is 4.18. The Morgan fingerprint density at radius 3 is 2.67 bits per heavy atom. The average Bonchev–Trinajstić information content (AvgIpc) is 2.92. The summed E-state index contributed by atoms with van der Waals surface area (Å²) < 4.78 is 29.7. The van der Waals surface area contributed by atoms with E-state index in [4.69, 9.17) is 25.6 Å². The topological polar surface area (TPSA) is 57.4 Å². The van der Waals surface area contributed by atoms with Crippen LogP contribution in [0.15, 0.2) is 22.7 Å². The van der Waals surface area contributed by atoms with E-state index in [-0.39, 0.29) is 17.3 Å². The molecule has 0 fully saturated rings. The van der Waals surface area contributed by atoms with Crippen LogP contribution in [0.5, 0.6) is 0 Å². The zero-order valence-corrected chi connectivity index (χ0v) is 12.6. The van der Waals surface area contributed by atoms with Crippen molar-refractivity contribution < 1.29 is 18.4 Å². The number of halogens is 2. The van der Waals surface area contributed by atoms with Crippen molar-refractivity contribution in [3.05, 3.63) is 46.3 Å². The molecule has 0 radical (unpaired) electrons. The van der Waals surface area contributed by atoms with Crippen molar-refractivity contribution in [2.45, 2.75) is 26.6 Å². The van der Waals surface area contributed by atoms with Crippen molar-refractivity contribution in [3.63, 3.8) is 0 Å². The summed E-state index contributed by atoms with van der Waals surface area (Å²) in [5.74, 6) is 0.0865. The predicted octanol–water partition coefficient (Wildman–Crippen LogP) is 3.52. The minimum Gasteiger partial charge on any atom is -0.345 e. The third kappa shape index (κ3) is 4.00. The highest BCUT2D eigenvalue weighted by molar-refractivity contribution is 6.30. The lowest BCUT2D eigenvalue weighted by atomic mass is 10.1. The molecule has 0 saturated carbocycles. The highest BCUT2D eigenvalue weighted by atomic mass is 35.5. The fourth-order valence-electron chi connectivity index (χ4n) is 1.78. The Balaban J connectivity index is 2.14. The van der Waals surface area contributed by atoms with E-state index in [1.54, 1.807) is 12.1 Å². The molecular weight excluding hydrogens is 299 g/mol. The summed E-state index contributed by atoms with van der Waals surface area (Å²) in [7, 11) is 0. The number of benzene rings is 1. The molecule has 0 aliphatic rings. The summed E-state index contributed by atoms with van der Waals surface area (Å²) in [5, 5.41) is 3.88. The third-order valence-corrected chi connectivity index (χ3v) is 2.99. The minimum atomic E-state index is -0.703. The zero-order valence-electron chi connectivity index (χ0n) is 11.8. The second kappa shape index (κ2) is 7.49. The van der Waals surface area contributed by atoms with Gasteiger partial charge < -0.3 is 14.0 Å². The molecule has 5 nitrogen and oxygen atoms in total. The Morgan fingerprint density at radius 2 is 2.00 bits per heavy atom. The summed E-state index contributed by atoms with van der Waals surface area (Å²) >= 11 is 5.74. The normalized spacial score (nSPS) is 11.3. The van der Waals surface area contributed by atoms with E-state index in [0.717, 1.165) is 0 Å². The highest BCUT2D eigenvalue weighted by Gasteiger charge is 2.20. The van der Waals surface area contributed by atoms with Crippen molar-refractivity contribution in [2.75, 3.05) is 13.2 Å². The van der Waals surface area contributed by atoms with Crippen LogP contribution in [0.1, 0.15) is 37.4 Å². The Kier molecular flexibility index (Phi) is 5.67. The molecule has 114 valence electrons. The Bertz CT molecular complexity index is 585. The van der Waals surface area contributed by atoms with E-state index < -0.39 is 12.1 Å². The average molecular weight is 315 g/mol. The molecule has 7 heteroatoms. The van der Waals surface area contributed by atoms with Gasteiger partial charge in [0.2, 0.25) is 6.29 Å². The smallest absolute Gasteiger partial charge is 0.283 e. The quantitative estimate of drug-likeness (QED) is 0.732. The van der Waals surface area contributed by atoms with Gasteiger partial charge in [-0.2, -0.15) is 4.98 Å². The van der Waals surface area contributed by atoms with E-state index in [1.165, 1.54) is 6.07 Å². The molecule has 2 rings (SSSR count). The van der Waals surface area contributed by atoms with Gasteiger partial charge in [-0.1, -0.05) is 28.9 Å². The van der Waals surface area contributed by atoms with Gasteiger partial charge in [-0.25, -0.2) is 4.39 Å². The van der Waals surface area contributed by atoms with Crippen molar-refractivity contribution in [1.82, 2.24) is 10.1 Å². The molecule has 0 N–H and O–H groups in total. The van der Waals surface area contributed by atoms with Gasteiger partial charge in [0.25, 0.3) is 5.89 Å². The summed E-state index contributed by atoms with van der Waals surface area (Å²) in [5.41, 5.74) is 0.402. The Morgan fingerprint density at radius 1 is 1.29 bits per heavy atom. The van der Waals surface area contributed by atoms with Crippen LogP contribution < -0.4 is 0 Å². The molecule has 0 aliphatic heterocycles. The number of hydrogen-bond donors (Lipinski definition) is 0. The number of nitrogens with zero attached hydrogens (tertiary/aromatic N) is 2. The van der Waals surface area contributed by atoms with Crippen molar-refractivity contribution in [3.8, 4) is 0 Å². The predicted molar refractivity (Wildman–Crippen MR) is 74.5 cm³/mol. The fraction of sp³-hybridized carbons (Fsp3) is 0.429. The molecule has 0 amide bonds. The van der Waals surface area contributed by atoms with Crippen LogP contribution in [-0.2, 0) is 15.9 Å². The van der Waals surface area contributed by atoms with Crippen molar-refractivity contribution in [1.29, 1.82) is 0 Å². The Labute approximate surface area is 127 Å². The van der Waals surface area contributed by atoms with Crippen LogP contribution in [0.3, 0.4) is 0 Å². The summed E-state index contributed by atoms with van der Waals surface area (Å²) in [6.07, 6.45) is -0.522. The largest absolute Gasteiger partial charge is 0.345 e. The van der Waals surface area contributed by atoms with Crippen molar-refractivity contribution in [2.24, 2.45) is 0 Å². The SMILES string of the molecule is CCOC(OCC)c1nc(Cc2cccc(Cl)c2F)no1. The number of rotatable bonds is 7. The maximum absolute atomic E-state index is 13.8. The van der Waals surface area contributed by atoms with Crippen LogP contribution in [0, 0.1) is 5.82 Å². The molecule has 1 aromatic carbocycles. The van der Waals surface area contributed by atoms with Gasteiger partial charge in [0.15, 0.2) is 5.82 Å². The minimum absolute atomic E-state index is 0.0673. The molecule has 21 heavy (non-hydrogen) atoms. The van der Waals surface area contributed by atoms with Gasteiger partial charge in [0.05, 0.1) is 5.02 Å². The molecule has 0 atom stereocenters. The summed E-state index contributed by atoms with van der Waals surface area (Å²) in [4.78, 5) is 4.18. The van der Waals surface area contributed by atoms with Gasteiger partial charge in [-0.3, -0.25) is 0 Å². The maximum Gasteiger partial charge on any atom is 0.283 e. The first-order valence-corrected chi connectivity index (χ1v) is 7.02. The van der Waals surface area contributed by atoms with Crippen molar-refractivity contribution >= 4 is 11.6 Å². The zero-order chi connectivity index (χ0) is 15.2. The standard InChI is InChI=1S/C14H16ClFN2O3/c1-3-19-14(20-4-2)13-17-11(18-21-13)8-9-6-5-7-10(15)12(9)16/h5-7,14H,3-4,8H2,1-2H3. The number of hydrogen-bond acceptors (Lipinski definition) is 5. The van der Waals surface area contributed by atoms with Gasteiger partial charge in [0, 0.05) is 19.6 Å². The third-order valence-electron chi connectivity index (χ3n) is 2.70. The first-order chi connectivity index (χ1) is 10.2. The molecule has 1 heterocycles. The maximum atomic E-state index is 13.8. The van der Waals surface area contributed by atoms with E-state index in [9.17, 15) is 4.39 Å². The molecule has 1 aromatic heterocycles. The van der Waals surface area contributed by atoms with Crippen LogP contribution in [0.2, 0.25) is 5.02 Å². The first-order valence-electron chi connectivity index (χ1n) is 6.64. The lowest BCUT2D eigenvalue weighted by molar-refractivity contribution is -0.155. The second-order valence-corrected chi connectivity index (χ2v) is 4.59. The van der Waals surface area contributed by atoms with Gasteiger partial charge in [-0.15, -0.1) is 0 Å². The monoisotopic (exact) mass is 314 g/mol. The number of aromatic nitrogens is 2. The van der Waals surface area contributed by atoms with E-state index in [2.05, 4.69) is 10.1 Å². The summed E-state index contributed by atoms with van der Waals surface area (Å²) in [6.45, 7) is 4.58. The molecular formula is C14H16ClFN2O3.